The minimum atomic E-state index is -0.515. The molecule has 0 heterocycles. The van der Waals surface area contributed by atoms with Crippen molar-refractivity contribution in [2.45, 2.75) is 13.5 Å². The molecule has 0 aliphatic rings. The van der Waals surface area contributed by atoms with Crippen LogP contribution < -0.4 is 4.74 Å². The molecule has 96 valence electrons. The van der Waals surface area contributed by atoms with E-state index < -0.39 is 5.82 Å². The van der Waals surface area contributed by atoms with E-state index in [0.717, 1.165) is 10.0 Å². The molecule has 0 bridgehead atoms. The minimum absolute atomic E-state index is 0.0353. The first kappa shape index (κ1) is 13.6. The normalized spacial score (nSPS) is 10.0. The van der Waals surface area contributed by atoms with Crippen LogP contribution in [0.5, 0.6) is 5.75 Å². The third kappa shape index (κ3) is 3.12. The summed E-state index contributed by atoms with van der Waals surface area (Å²) in [5.41, 5.74) is 1.46. The van der Waals surface area contributed by atoms with E-state index in [1.165, 1.54) is 6.07 Å². The van der Waals surface area contributed by atoms with E-state index in [-0.39, 0.29) is 12.2 Å². The Morgan fingerprint density at radius 3 is 2.79 bits per heavy atom. The molecule has 2 aromatic carbocycles. The van der Waals surface area contributed by atoms with Gasteiger partial charge in [-0.25, -0.2) is 4.39 Å². The lowest BCUT2D eigenvalue weighted by atomic mass is 10.1. The quantitative estimate of drug-likeness (QED) is 0.842. The molecule has 0 saturated carbocycles. The molecule has 0 aliphatic heterocycles. The lowest BCUT2D eigenvalue weighted by Crippen LogP contribution is -2.00. The molecule has 0 radical (unpaired) electrons. The molecule has 0 atom stereocenters. The molecule has 4 heteroatoms. The van der Waals surface area contributed by atoms with E-state index in [4.69, 9.17) is 10.00 Å². The highest BCUT2D eigenvalue weighted by Crippen LogP contribution is 2.23. The van der Waals surface area contributed by atoms with Gasteiger partial charge < -0.3 is 4.74 Å². The second-order valence-corrected chi connectivity index (χ2v) is 4.94. The van der Waals surface area contributed by atoms with E-state index in [1.54, 1.807) is 12.1 Å². The van der Waals surface area contributed by atoms with E-state index in [2.05, 4.69) is 15.9 Å². The van der Waals surface area contributed by atoms with Crippen molar-refractivity contribution in [3.05, 3.63) is 63.4 Å². The Labute approximate surface area is 119 Å². The smallest absolute Gasteiger partial charge is 0.147 e. The maximum Gasteiger partial charge on any atom is 0.147 e. The van der Waals surface area contributed by atoms with E-state index >= 15 is 0 Å². The molecular weight excluding hydrogens is 309 g/mol. The molecular formula is C15H11BrFNO. The molecule has 0 saturated heterocycles. The zero-order valence-electron chi connectivity index (χ0n) is 10.3. The number of rotatable bonds is 3. The van der Waals surface area contributed by atoms with Crippen molar-refractivity contribution in [1.29, 1.82) is 5.26 Å². The van der Waals surface area contributed by atoms with Crippen LogP contribution in [-0.2, 0) is 6.61 Å². The maximum absolute atomic E-state index is 13.8. The van der Waals surface area contributed by atoms with Gasteiger partial charge in [-0.05, 0) is 36.8 Å². The highest BCUT2D eigenvalue weighted by atomic mass is 79.9. The third-order valence-electron chi connectivity index (χ3n) is 2.72. The summed E-state index contributed by atoms with van der Waals surface area (Å²) in [4.78, 5) is 0. The molecule has 0 fully saturated rings. The standard InChI is InChI=1S/C15H11BrFNO/c1-10-7-13(5-6-14(10)16)19-9-12-4-2-3-11(8-18)15(12)17/h2-7H,9H2,1H3. The highest BCUT2D eigenvalue weighted by molar-refractivity contribution is 9.10. The minimum Gasteiger partial charge on any atom is -0.489 e. The summed E-state index contributed by atoms with van der Waals surface area (Å²) in [6.07, 6.45) is 0. The summed E-state index contributed by atoms with van der Waals surface area (Å²) >= 11 is 3.40. The number of halogens is 2. The SMILES string of the molecule is Cc1cc(OCc2cccc(C#N)c2F)ccc1Br. The number of hydrogen-bond acceptors (Lipinski definition) is 2. The Morgan fingerprint density at radius 1 is 1.32 bits per heavy atom. The first-order valence-corrected chi connectivity index (χ1v) is 6.47. The van der Waals surface area contributed by atoms with E-state index in [9.17, 15) is 4.39 Å². The largest absolute Gasteiger partial charge is 0.489 e. The molecule has 19 heavy (non-hydrogen) atoms. The van der Waals surface area contributed by atoms with Gasteiger partial charge in [0.2, 0.25) is 0 Å². The van der Waals surface area contributed by atoms with Crippen molar-refractivity contribution in [3.8, 4) is 11.8 Å². The van der Waals surface area contributed by atoms with Gasteiger partial charge in [0.15, 0.2) is 0 Å². The summed E-state index contributed by atoms with van der Waals surface area (Å²) < 4.78 is 20.3. The van der Waals surface area contributed by atoms with Crippen molar-refractivity contribution >= 4 is 15.9 Å². The number of nitrogens with zero attached hydrogens (tertiary/aromatic N) is 1. The topological polar surface area (TPSA) is 33.0 Å². The number of nitriles is 1. The average Bonchev–Trinajstić information content (AvgIpc) is 2.41. The van der Waals surface area contributed by atoms with Crippen LogP contribution in [0.2, 0.25) is 0 Å². The molecule has 0 unspecified atom stereocenters. The van der Waals surface area contributed by atoms with Crippen molar-refractivity contribution < 1.29 is 9.13 Å². The molecule has 0 spiro atoms. The predicted octanol–water partition coefficient (Wildman–Crippen LogP) is 4.35. The maximum atomic E-state index is 13.8. The van der Waals surface area contributed by atoms with E-state index in [1.807, 2.05) is 31.2 Å². The van der Waals surface area contributed by atoms with Crippen LogP contribution >= 0.6 is 15.9 Å². The summed E-state index contributed by atoms with van der Waals surface area (Å²) in [5, 5.41) is 8.76. The van der Waals surface area contributed by atoms with Crippen molar-refractivity contribution in [2.24, 2.45) is 0 Å². The van der Waals surface area contributed by atoms with Crippen LogP contribution in [0, 0.1) is 24.1 Å². The number of ether oxygens (including phenoxy) is 1. The summed E-state index contributed by atoms with van der Waals surface area (Å²) in [6.45, 7) is 2.05. The van der Waals surface area contributed by atoms with Crippen molar-refractivity contribution in [1.82, 2.24) is 0 Å². The molecule has 0 N–H and O–H groups in total. The number of benzene rings is 2. The van der Waals surface area contributed by atoms with Gasteiger partial charge in [0, 0.05) is 10.0 Å². The van der Waals surface area contributed by atoms with Crippen molar-refractivity contribution in [3.63, 3.8) is 0 Å². The van der Waals surface area contributed by atoms with Gasteiger partial charge in [0.25, 0.3) is 0 Å². The Hall–Kier alpha value is -1.86. The van der Waals surface area contributed by atoms with Gasteiger partial charge in [-0.1, -0.05) is 28.1 Å². The Morgan fingerprint density at radius 2 is 2.11 bits per heavy atom. The zero-order valence-corrected chi connectivity index (χ0v) is 11.9. The number of aryl methyl sites for hydroxylation is 1. The first-order valence-electron chi connectivity index (χ1n) is 5.68. The van der Waals surface area contributed by atoms with Gasteiger partial charge in [-0.15, -0.1) is 0 Å². The molecule has 0 aliphatic carbocycles. The Bertz CT molecular complexity index is 649. The van der Waals surface area contributed by atoms with Crippen LogP contribution in [0.25, 0.3) is 0 Å². The summed E-state index contributed by atoms with van der Waals surface area (Å²) in [5.74, 6) is 0.154. The molecule has 2 aromatic rings. The Balaban J connectivity index is 2.15. The fourth-order valence-corrected chi connectivity index (χ4v) is 1.89. The van der Waals surface area contributed by atoms with Crippen LogP contribution in [0.3, 0.4) is 0 Å². The van der Waals surface area contributed by atoms with Gasteiger partial charge in [0.1, 0.15) is 24.2 Å². The molecule has 0 aromatic heterocycles. The number of hydrogen-bond donors (Lipinski definition) is 0. The molecule has 0 amide bonds. The fourth-order valence-electron chi connectivity index (χ4n) is 1.65. The highest BCUT2D eigenvalue weighted by Gasteiger charge is 2.08. The van der Waals surface area contributed by atoms with Crippen LogP contribution in [0.15, 0.2) is 40.9 Å². The van der Waals surface area contributed by atoms with E-state index in [0.29, 0.717) is 11.3 Å². The van der Waals surface area contributed by atoms with Crippen LogP contribution in [0.4, 0.5) is 4.39 Å². The van der Waals surface area contributed by atoms with Crippen LogP contribution in [0.1, 0.15) is 16.7 Å². The van der Waals surface area contributed by atoms with Gasteiger partial charge >= 0.3 is 0 Å². The van der Waals surface area contributed by atoms with Gasteiger partial charge in [0.05, 0.1) is 5.56 Å². The van der Waals surface area contributed by atoms with Gasteiger partial charge in [-0.3, -0.25) is 0 Å². The van der Waals surface area contributed by atoms with Crippen LogP contribution in [-0.4, -0.2) is 0 Å². The molecule has 2 rings (SSSR count). The third-order valence-corrected chi connectivity index (χ3v) is 3.61. The second-order valence-electron chi connectivity index (χ2n) is 4.09. The monoisotopic (exact) mass is 319 g/mol. The first-order chi connectivity index (χ1) is 9.11. The lowest BCUT2D eigenvalue weighted by molar-refractivity contribution is 0.299. The summed E-state index contributed by atoms with van der Waals surface area (Å²) in [7, 11) is 0. The zero-order chi connectivity index (χ0) is 13.8. The summed E-state index contributed by atoms with van der Waals surface area (Å²) in [6, 6.07) is 12.1. The fraction of sp³-hybridized carbons (Fsp3) is 0.133. The Kier molecular flexibility index (Phi) is 4.18. The predicted molar refractivity (Wildman–Crippen MR) is 74.3 cm³/mol. The van der Waals surface area contributed by atoms with Gasteiger partial charge in [-0.2, -0.15) is 5.26 Å². The van der Waals surface area contributed by atoms with Crippen molar-refractivity contribution in [2.75, 3.05) is 0 Å². The molecule has 2 nitrogen and oxygen atoms in total. The average molecular weight is 320 g/mol. The lowest BCUT2D eigenvalue weighted by Gasteiger charge is -2.09. The second kappa shape index (κ2) is 5.85.